The Labute approximate surface area is 394 Å². The van der Waals surface area contributed by atoms with E-state index in [-0.39, 0.29) is 34.7 Å². The summed E-state index contributed by atoms with van der Waals surface area (Å²) in [5.74, 6) is -0.604. The molecule has 0 bridgehead atoms. The minimum Gasteiger partial charge on any atom is -0.494 e. The lowest BCUT2D eigenvalue weighted by atomic mass is 10.0. The number of rotatable bonds is 14. The number of nitriles is 2. The van der Waals surface area contributed by atoms with Gasteiger partial charge in [0.25, 0.3) is 11.1 Å². The first kappa shape index (κ1) is 48.1. The van der Waals surface area contributed by atoms with Gasteiger partial charge in [-0.2, -0.15) is 10.5 Å². The van der Waals surface area contributed by atoms with E-state index in [9.17, 15) is 39.1 Å². The number of hydrogen-bond acceptors (Lipinski definition) is 12. The monoisotopic (exact) mass is 932 g/mol. The molecule has 350 valence electrons. The Morgan fingerprint density at radius 2 is 1.16 bits per heavy atom. The van der Waals surface area contributed by atoms with Crippen LogP contribution in [-0.2, 0) is 0 Å². The molecule has 0 aliphatic rings. The quantitative estimate of drug-likeness (QED) is 0.0828. The maximum atomic E-state index is 14.4. The van der Waals surface area contributed by atoms with Gasteiger partial charge in [0.2, 0.25) is 0 Å². The van der Waals surface area contributed by atoms with Gasteiger partial charge in [-0.15, -0.1) is 0 Å². The van der Waals surface area contributed by atoms with Gasteiger partial charge in [0.15, 0.2) is 0 Å². The Bertz CT molecular complexity index is 3370. The Morgan fingerprint density at radius 1 is 0.652 bits per heavy atom. The Hall–Kier alpha value is -8.84. The summed E-state index contributed by atoms with van der Waals surface area (Å²) in [7, 11) is 3.09. The van der Waals surface area contributed by atoms with Crippen LogP contribution in [0, 0.1) is 55.1 Å². The number of imidazole rings is 2. The summed E-state index contributed by atoms with van der Waals surface area (Å²) < 4.78 is 45.0. The van der Waals surface area contributed by atoms with Crippen molar-refractivity contribution in [1.82, 2.24) is 28.2 Å². The van der Waals surface area contributed by atoms with Crippen LogP contribution in [0.4, 0.5) is 31.5 Å². The van der Waals surface area contributed by atoms with Crippen LogP contribution >= 0.6 is 0 Å². The molecule has 16 nitrogen and oxygen atoms in total. The van der Waals surface area contributed by atoms with E-state index in [0.29, 0.717) is 34.5 Å². The summed E-state index contributed by atoms with van der Waals surface area (Å²) in [6.45, 7) is 4.78. The zero-order valence-corrected chi connectivity index (χ0v) is 38.1. The number of aliphatic hydroxyl groups excluding tert-OH is 2. The molecule has 0 radical (unpaired) electrons. The highest BCUT2D eigenvalue weighted by Gasteiger charge is 2.22. The van der Waals surface area contributed by atoms with Crippen LogP contribution in [0.1, 0.15) is 51.3 Å². The molecule has 18 heteroatoms. The van der Waals surface area contributed by atoms with E-state index >= 15 is 0 Å². The number of nitrogens with one attached hydrogen (secondary N) is 2. The molecule has 0 aliphatic heterocycles. The van der Waals surface area contributed by atoms with Gasteiger partial charge in [-0.3, -0.25) is 9.59 Å². The molecule has 4 N–H and O–H groups in total. The summed E-state index contributed by atoms with van der Waals surface area (Å²) in [6.07, 6.45) is 9.78. The lowest BCUT2D eigenvalue weighted by Crippen LogP contribution is -2.29. The van der Waals surface area contributed by atoms with Crippen molar-refractivity contribution in [3.05, 3.63) is 200 Å². The van der Waals surface area contributed by atoms with Gasteiger partial charge >= 0.3 is 0 Å². The number of anilines is 4. The van der Waals surface area contributed by atoms with Gasteiger partial charge in [0.05, 0.1) is 86.1 Å². The van der Waals surface area contributed by atoms with Gasteiger partial charge in [-0.25, -0.2) is 18.7 Å². The molecule has 0 saturated heterocycles. The van der Waals surface area contributed by atoms with Crippen molar-refractivity contribution >= 4 is 22.7 Å². The fourth-order valence-corrected chi connectivity index (χ4v) is 7.66. The number of halogens is 2. The Morgan fingerprint density at radius 3 is 1.58 bits per heavy atom. The molecular formula is C51H46F2N10O6. The van der Waals surface area contributed by atoms with Crippen LogP contribution in [0.3, 0.4) is 0 Å². The van der Waals surface area contributed by atoms with E-state index in [2.05, 4.69) is 26.7 Å². The predicted octanol–water partition coefficient (Wildman–Crippen LogP) is 7.68. The molecule has 8 rings (SSSR count). The molecule has 0 unspecified atom stereocenters. The van der Waals surface area contributed by atoms with E-state index in [1.165, 1.54) is 36.2 Å². The third-order valence-electron chi connectivity index (χ3n) is 11.0. The maximum absolute atomic E-state index is 14.4. The van der Waals surface area contributed by atoms with Crippen molar-refractivity contribution in [2.75, 3.05) is 38.1 Å². The van der Waals surface area contributed by atoms with Crippen molar-refractivity contribution in [2.45, 2.75) is 32.9 Å². The fraction of sp³-hybridized carbons (Fsp3) is 0.176. The Kier molecular flexibility index (Phi) is 14.8. The van der Waals surface area contributed by atoms with Gasteiger partial charge in [-0.05, 0) is 68.8 Å². The summed E-state index contributed by atoms with van der Waals surface area (Å²) in [4.78, 5) is 35.1. The van der Waals surface area contributed by atoms with E-state index in [0.717, 1.165) is 50.6 Å². The highest BCUT2D eigenvalue weighted by Crippen LogP contribution is 2.31. The van der Waals surface area contributed by atoms with Crippen LogP contribution in [0.15, 0.2) is 138 Å². The predicted molar refractivity (Wildman–Crippen MR) is 255 cm³/mol. The minimum atomic E-state index is -1.17. The SMILES string of the molecule is COc1cc(Nc2cc(C#N)cn([C@@H](CO)c3ccc(F)cc3F)c2=O)ccc1-n1cnc(C)c1.COc1cc(Nc2cc(C#N)cn([C@@H](CO)c3cccc(C)c3)c2=O)ccc1-n1cnc(C)c1. The number of aliphatic hydroxyl groups is 2. The standard InChI is InChI=1S/C26H25N5O3.C25H21F2N5O3/c1-17-5-4-6-20(9-17)24(15-32)31-14-19(12-27)10-22(26(31)33)29-21-7-8-23(25(11-21)34-3)30-13-18(2)28-16-30;1-15-11-31(14-29-15)22-6-4-18(9-24(22)35-2)30-21-7-16(10-28)12-32(25(21)34)23(13-33)19-5-3-17(26)8-20(19)27/h4-11,13-14,16,24,29,32H,15H2,1-3H3;3-9,11-12,14,23,30,33H,13H2,1-2H3/t24-;23-/m00/s1. The average Bonchev–Trinajstić information content (AvgIpc) is 3.99. The number of nitrogens with zero attached hydrogens (tertiary/aromatic N) is 8. The highest BCUT2D eigenvalue weighted by molar-refractivity contribution is 5.67. The molecule has 0 saturated carbocycles. The van der Waals surface area contributed by atoms with Crippen LogP contribution < -0.4 is 31.2 Å². The number of aryl methyl sites for hydroxylation is 3. The number of aromatic nitrogens is 6. The zero-order valence-electron chi connectivity index (χ0n) is 38.1. The zero-order chi connectivity index (χ0) is 49.4. The van der Waals surface area contributed by atoms with Crippen molar-refractivity contribution in [3.8, 4) is 35.0 Å². The first-order chi connectivity index (χ1) is 33.3. The molecule has 69 heavy (non-hydrogen) atoms. The molecule has 0 spiro atoms. The van der Waals surface area contributed by atoms with E-state index in [1.807, 2.05) is 80.2 Å². The molecule has 4 heterocycles. The van der Waals surface area contributed by atoms with Crippen LogP contribution in [0.5, 0.6) is 11.5 Å². The van der Waals surface area contributed by atoms with Gasteiger partial charge in [0.1, 0.15) is 46.6 Å². The lowest BCUT2D eigenvalue weighted by Gasteiger charge is -2.20. The van der Waals surface area contributed by atoms with E-state index in [1.54, 1.807) is 48.6 Å². The topological polar surface area (TPSA) is 210 Å². The third-order valence-corrected chi connectivity index (χ3v) is 11.0. The van der Waals surface area contributed by atoms with Crippen molar-refractivity contribution in [3.63, 3.8) is 0 Å². The second-order valence-corrected chi connectivity index (χ2v) is 15.8. The summed E-state index contributed by atoms with van der Waals surface area (Å²) >= 11 is 0. The molecule has 4 aromatic carbocycles. The van der Waals surface area contributed by atoms with Gasteiger partial charge in [-0.1, -0.05) is 35.9 Å². The van der Waals surface area contributed by atoms with Crippen LogP contribution in [0.2, 0.25) is 0 Å². The smallest absolute Gasteiger partial charge is 0.274 e. The molecule has 0 aliphatic carbocycles. The number of benzene rings is 4. The summed E-state index contributed by atoms with van der Waals surface area (Å²) in [5.41, 5.74) is 5.75. The lowest BCUT2D eigenvalue weighted by molar-refractivity contribution is 0.244. The second kappa shape index (κ2) is 21.2. The minimum absolute atomic E-state index is 0.0262. The van der Waals surface area contributed by atoms with Gasteiger partial charge in [0, 0.05) is 59.9 Å². The molecular weight excluding hydrogens is 887 g/mol. The molecule has 2 atom stereocenters. The summed E-state index contributed by atoms with van der Waals surface area (Å²) in [5, 5.41) is 45.2. The number of methoxy groups -OCH3 is 2. The van der Waals surface area contributed by atoms with Crippen molar-refractivity contribution in [1.29, 1.82) is 10.5 Å². The highest BCUT2D eigenvalue weighted by atomic mass is 19.1. The number of pyridine rings is 2. The third kappa shape index (κ3) is 10.7. The fourth-order valence-electron chi connectivity index (χ4n) is 7.66. The van der Waals surface area contributed by atoms with Crippen LogP contribution in [-0.4, -0.2) is 65.9 Å². The number of hydrogen-bond donors (Lipinski definition) is 4. The summed E-state index contributed by atoms with van der Waals surface area (Å²) in [6, 6.07) is 26.2. The molecule has 0 amide bonds. The average molecular weight is 933 g/mol. The number of ether oxygens (including phenoxy) is 2. The largest absolute Gasteiger partial charge is 0.494 e. The van der Waals surface area contributed by atoms with Crippen molar-refractivity contribution < 1.29 is 28.5 Å². The normalized spacial score (nSPS) is 11.6. The van der Waals surface area contributed by atoms with Gasteiger partial charge < -0.3 is 48.6 Å². The molecule has 0 fully saturated rings. The van der Waals surface area contributed by atoms with Crippen LogP contribution in [0.25, 0.3) is 11.4 Å². The Balaban J connectivity index is 0.000000204. The molecule has 4 aromatic heterocycles. The first-order valence-electron chi connectivity index (χ1n) is 21.3. The van der Waals surface area contributed by atoms with E-state index < -0.39 is 35.9 Å². The van der Waals surface area contributed by atoms with E-state index in [4.69, 9.17) is 9.47 Å². The maximum Gasteiger partial charge on any atom is 0.274 e. The second-order valence-electron chi connectivity index (χ2n) is 15.8. The molecule has 8 aromatic rings. The van der Waals surface area contributed by atoms with Crippen molar-refractivity contribution in [2.24, 2.45) is 0 Å². The first-order valence-corrected chi connectivity index (χ1v) is 21.3.